The number of Topliss-reactive ketones (excluding diaryl/α,β-unsaturated/α-hetero) is 1. The molecule has 1 atom stereocenters. The standard InChI is InChI=1S/C25H30N2O3Si/c1-20(28)23(26-24(29)27-17-11-12-18-27)19-30-31(25(2,3)4,21-13-7-5-8-14-21)22-15-9-6-10-16-22/h5-18,23H,19H2,1-4H3,(H,26,29)/t23-/m0/s1. The van der Waals surface area contributed by atoms with Crippen LogP contribution < -0.4 is 15.7 Å². The molecule has 3 aromatic rings. The lowest BCUT2D eigenvalue weighted by Crippen LogP contribution is -2.67. The van der Waals surface area contributed by atoms with Crippen LogP contribution >= 0.6 is 0 Å². The second kappa shape index (κ2) is 9.45. The predicted octanol–water partition coefficient (Wildman–Crippen LogP) is 3.58. The van der Waals surface area contributed by atoms with Crippen molar-refractivity contribution < 1.29 is 14.0 Å². The molecule has 0 bridgehead atoms. The second-order valence-electron chi connectivity index (χ2n) is 8.68. The van der Waals surface area contributed by atoms with Gasteiger partial charge in [0.25, 0.3) is 8.32 Å². The molecule has 5 nitrogen and oxygen atoms in total. The number of carbonyl (C=O) groups excluding carboxylic acids is 2. The zero-order chi connectivity index (χ0) is 22.5. The van der Waals surface area contributed by atoms with Crippen LogP contribution in [0.1, 0.15) is 27.7 Å². The Hall–Kier alpha value is -2.96. The van der Waals surface area contributed by atoms with Crippen molar-refractivity contribution in [2.24, 2.45) is 0 Å². The fraction of sp³-hybridized carbons (Fsp3) is 0.280. The van der Waals surface area contributed by atoms with Crippen molar-refractivity contribution >= 4 is 30.5 Å². The molecule has 0 fully saturated rings. The maximum absolute atomic E-state index is 12.5. The zero-order valence-electron chi connectivity index (χ0n) is 18.5. The van der Waals surface area contributed by atoms with Gasteiger partial charge in [-0.25, -0.2) is 4.79 Å². The number of hydrogen-bond acceptors (Lipinski definition) is 3. The predicted molar refractivity (Wildman–Crippen MR) is 126 cm³/mol. The summed E-state index contributed by atoms with van der Waals surface area (Å²) in [5.41, 5.74) is 0. The third-order valence-electron chi connectivity index (χ3n) is 5.51. The second-order valence-corrected chi connectivity index (χ2v) is 13.0. The van der Waals surface area contributed by atoms with E-state index in [1.807, 2.05) is 36.4 Å². The summed E-state index contributed by atoms with van der Waals surface area (Å²) in [4.78, 5) is 24.9. The first-order valence-electron chi connectivity index (χ1n) is 10.4. The van der Waals surface area contributed by atoms with E-state index < -0.39 is 14.4 Å². The first-order valence-corrected chi connectivity index (χ1v) is 12.4. The number of rotatable bonds is 7. The molecule has 0 aliphatic carbocycles. The van der Waals surface area contributed by atoms with Crippen molar-refractivity contribution in [3.8, 4) is 0 Å². The molecule has 1 heterocycles. The van der Waals surface area contributed by atoms with Gasteiger partial charge in [0.15, 0.2) is 5.78 Å². The average Bonchev–Trinajstić information content (AvgIpc) is 3.29. The quantitative estimate of drug-likeness (QED) is 0.578. The van der Waals surface area contributed by atoms with E-state index in [9.17, 15) is 9.59 Å². The fourth-order valence-electron chi connectivity index (χ4n) is 3.92. The normalized spacial score (nSPS) is 12.9. The van der Waals surface area contributed by atoms with Crippen LogP contribution in [0.25, 0.3) is 0 Å². The molecule has 0 aliphatic rings. The molecular weight excluding hydrogens is 404 g/mol. The molecule has 1 N–H and O–H groups in total. The minimum atomic E-state index is -2.79. The van der Waals surface area contributed by atoms with E-state index in [1.54, 1.807) is 24.5 Å². The molecular formula is C25H30N2O3Si. The minimum Gasteiger partial charge on any atom is -0.405 e. The van der Waals surface area contributed by atoms with Gasteiger partial charge in [-0.2, -0.15) is 0 Å². The minimum absolute atomic E-state index is 0.107. The molecule has 2 aromatic carbocycles. The monoisotopic (exact) mass is 434 g/mol. The van der Waals surface area contributed by atoms with E-state index in [-0.39, 0.29) is 23.5 Å². The summed E-state index contributed by atoms with van der Waals surface area (Å²) < 4.78 is 8.22. The van der Waals surface area contributed by atoms with Gasteiger partial charge in [-0.05, 0) is 34.5 Å². The fourth-order valence-corrected chi connectivity index (χ4v) is 8.50. The van der Waals surface area contributed by atoms with Gasteiger partial charge in [-0.1, -0.05) is 81.4 Å². The molecule has 31 heavy (non-hydrogen) atoms. The molecule has 3 rings (SSSR count). The third-order valence-corrected chi connectivity index (χ3v) is 10.5. The van der Waals surface area contributed by atoms with Crippen LogP contribution in [-0.2, 0) is 9.22 Å². The summed E-state index contributed by atoms with van der Waals surface area (Å²) in [7, 11) is -2.79. The van der Waals surface area contributed by atoms with Crippen molar-refractivity contribution in [3.63, 3.8) is 0 Å². The van der Waals surface area contributed by atoms with Gasteiger partial charge in [0.1, 0.15) is 6.04 Å². The van der Waals surface area contributed by atoms with Crippen LogP contribution in [0, 0.1) is 0 Å². The summed E-state index contributed by atoms with van der Waals surface area (Å²) in [6, 6.07) is 22.9. The molecule has 6 heteroatoms. The van der Waals surface area contributed by atoms with Crippen LogP contribution in [-0.4, -0.2) is 37.3 Å². The lowest BCUT2D eigenvalue weighted by Gasteiger charge is -2.43. The summed E-state index contributed by atoms with van der Waals surface area (Å²) in [6.45, 7) is 8.13. The highest BCUT2D eigenvalue weighted by Gasteiger charge is 2.50. The van der Waals surface area contributed by atoms with E-state index in [4.69, 9.17) is 4.43 Å². The van der Waals surface area contributed by atoms with Gasteiger partial charge in [-0.3, -0.25) is 9.36 Å². The van der Waals surface area contributed by atoms with Crippen molar-refractivity contribution in [1.82, 2.24) is 9.88 Å². The maximum Gasteiger partial charge on any atom is 0.326 e. The van der Waals surface area contributed by atoms with Gasteiger partial charge in [-0.15, -0.1) is 0 Å². The highest BCUT2D eigenvalue weighted by molar-refractivity contribution is 6.99. The number of carbonyl (C=O) groups is 2. The number of benzene rings is 2. The Kier molecular flexibility index (Phi) is 6.93. The van der Waals surface area contributed by atoms with Gasteiger partial charge < -0.3 is 9.74 Å². The van der Waals surface area contributed by atoms with Gasteiger partial charge in [0.05, 0.1) is 6.61 Å². The van der Waals surface area contributed by atoms with Crippen molar-refractivity contribution in [1.29, 1.82) is 0 Å². The van der Waals surface area contributed by atoms with Crippen molar-refractivity contribution in [2.45, 2.75) is 38.8 Å². The largest absolute Gasteiger partial charge is 0.405 e. The Morgan fingerprint density at radius 1 is 0.903 bits per heavy atom. The molecule has 0 radical (unpaired) electrons. The Morgan fingerprint density at radius 3 is 1.81 bits per heavy atom. The SMILES string of the molecule is CC(=O)[C@H](CO[Si](c1ccccc1)(c1ccccc1)C(C)(C)C)NC(=O)n1cccc1. The van der Waals surface area contributed by atoms with E-state index in [0.717, 1.165) is 10.4 Å². The van der Waals surface area contributed by atoms with E-state index in [2.05, 4.69) is 50.4 Å². The summed E-state index contributed by atoms with van der Waals surface area (Å²) in [5, 5.41) is 4.87. The Bertz CT molecular complexity index is 957. The Labute approximate surface area is 185 Å². The smallest absolute Gasteiger partial charge is 0.326 e. The first-order chi connectivity index (χ1) is 14.8. The van der Waals surface area contributed by atoms with Crippen LogP contribution in [0.4, 0.5) is 4.79 Å². The number of nitrogens with zero attached hydrogens (tertiary/aromatic N) is 1. The van der Waals surface area contributed by atoms with E-state index >= 15 is 0 Å². The van der Waals surface area contributed by atoms with Crippen LogP contribution in [0.15, 0.2) is 85.2 Å². The van der Waals surface area contributed by atoms with Crippen LogP contribution in [0.2, 0.25) is 5.04 Å². The highest BCUT2D eigenvalue weighted by atomic mass is 28.4. The lowest BCUT2D eigenvalue weighted by atomic mass is 10.2. The Balaban J connectivity index is 1.98. The Morgan fingerprint density at radius 2 is 1.39 bits per heavy atom. The lowest BCUT2D eigenvalue weighted by molar-refractivity contribution is -0.119. The number of hydrogen-bond donors (Lipinski definition) is 1. The third kappa shape index (κ3) is 4.86. The summed E-state index contributed by atoms with van der Waals surface area (Å²) in [5.74, 6) is -0.140. The molecule has 1 amide bonds. The van der Waals surface area contributed by atoms with Gasteiger partial charge in [0, 0.05) is 12.4 Å². The summed E-state index contributed by atoms with van der Waals surface area (Å²) in [6.07, 6.45) is 3.30. The van der Waals surface area contributed by atoms with Crippen LogP contribution in [0.3, 0.4) is 0 Å². The molecule has 1 aromatic heterocycles. The topological polar surface area (TPSA) is 60.3 Å². The maximum atomic E-state index is 12.5. The first kappa shape index (κ1) is 22.7. The van der Waals surface area contributed by atoms with Crippen molar-refractivity contribution in [3.05, 3.63) is 85.2 Å². The molecule has 0 aliphatic heterocycles. The molecule has 0 saturated carbocycles. The number of ketones is 1. The average molecular weight is 435 g/mol. The summed E-state index contributed by atoms with van der Waals surface area (Å²) >= 11 is 0. The molecule has 0 saturated heterocycles. The molecule has 0 spiro atoms. The number of amides is 1. The number of aromatic nitrogens is 1. The van der Waals surface area contributed by atoms with Gasteiger partial charge in [0.2, 0.25) is 0 Å². The van der Waals surface area contributed by atoms with Crippen LogP contribution in [0.5, 0.6) is 0 Å². The molecule has 0 unspecified atom stereocenters. The van der Waals surface area contributed by atoms with Crippen molar-refractivity contribution in [2.75, 3.05) is 6.61 Å². The van der Waals surface area contributed by atoms with Gasteiger partial charge >= 0.3 is 6.03 Å². The highest BCUT2D eigenvalue weighted by Crippen LogP contribution is 2.36. The zero-order valence-corrected chi connectivity index (χ0v) is 19.5. The van der Waals surface area contributed by atoms with E-state index in [0.29, 0.717) is 0 Å². The molecule has 162 valence electrons. The van der Waals surface area contributed by atoms with E-state index in [1.165, 1.54) is 11.5 Å². The number of nitrogens with one attached hydrogen (secondary N) is 1.